The van der Waals surface area contributed by atoms with Crippen molar-refractivity contribution < 1.29 is 14.2 Å². The first-order chi connectivity index (χ1) is 8.50. The third-order valence-electron chi connectivity index (χ3n) is 2.93. The van der Waals surface area contributed by atoms with Gasteiger partial charge in [-0.05, 0) is 18.4 Å². The van der Waals surface area contributed by atoms with E-state index in [1.807, 2.05) is 18.2 Å². The third kappa shape index (κ3) is 4.45. The zero-order valence-electron chi connectivity index (χ0n) is 11.7. The highest BCUT2D eigenvalue weighted by Crippen LogP contribution is 2.28. The van der Waals surface area contributed by atoms with Gasteiger partial charge in [-0.2, -0.15) is 0 Å². The molecule has 0 aliphatic heterocycles. The molecule has 4 heteroatoms. The van der Waals surface area contributed by atoms with Gasteiger partial charge in [0, 0.05) is 18.2 Å². The summed E-state index contributed by atoms with van der Waals surface area (Å²) in [5.41, 5.74) is 5.78. The lowest BCUT2D eigenvalue weighted by Gasteiger charge is -2.22. The van der Waals surface area contributed by atoms with Crippen molar-refractivity contribution in [1.82, 2.24) is 0 Å². The van der Waals surface area contributed by atoms with Crippen molar-refractivity contribution in [3.63, 3.8) is 0 Å². The molecule has 102 valence electrons. The summed E-state index contributed by atoms with van der Waals surface area (Å²) in [5.74, 6) is 2.20. The highest BCUT2D eigenvalue weighted by Gasteiger charge is 2.15. The first-order valence-electron chi connectivity index (χ1n) is 6.06. The molecule has 4 nitrogen and oxygen atoms in total. The van der Waals surface area contributed by atoms with Crippen molar-refractivity contribution in [2.75, 3.05) is 27.4 Å². The number of hydrogen-bond donors (Lipinski definition) is 1. The maximum atomic E-state index is 5.71. The second kappa shape index (κ2) is 6.50. The van der Waals surface area contributed by atoms with Gasteiger partial charge in [-0.15, -0.1) is 0 Å². The summed E-state index contributed by atoms with van der Waals surface area (Å²) >= 11 is 0. The van der Waals surface area contributed by atoms with Crippen molar-refractivity contribution >= 4 is 0 Å². The molecule has 18 heavy (non-hydrogen) atoms. The highest BCUT2D eigenvalue weighted by molar-refractivity contribution is 5.41. The molecule has 0 fully saturated rings. The summed E-state index contributed by atoms with van der Waals surface area (Å²) in [6, 6.07) is 5.51. The predicted molar refractivity (Wildman–Crippen MR) is 72.5 cm³/mol. The van der Waals surface area contributed by atoms with Crippen molar-refractivity contribution in [3.8, 4) is 17.2 Å². The molecular formula is C14H23NO3. The van der Waals surface area contributed by atoms with Crippen LogP contribution >= 0.6 is 0 Å². The van der Waals surface area contributed by atoms with Crippen LogP contribution in [0.25, 0.3) is 0 Å². The van der Waals surface area contributed by atoms with Crippen molar-refractivity contribution in [3.05, 3.63) is 18.2 Å². The second-order valence-electron chi connectivity index (χ2n) is 5.02. The smallest absolute Gasteiger partial charge is 0.126 e. The van der Waals surface area contributed by atoms with Crippen LogP contribution in [0.5, 0.6) is 17.2 Å². The Kier molecular flexibility index (Phi) is 5.28. The lowest BCUT2D eigenvalue weighted by molar-refractivity contribution is 0.232. The Bertz CT molecular complexity index is 355. The van der Waals surface area contributed by atoms with Gasteiger partial charge in [-0.25, -0.2) is 0 Å². The summed E-state index contributed by atoms with van der Waals surface area (Å²) < 4.78 is 16.1. The van der Waals surface area contributed by atoms with E-state index in [-0.39, 0.29) is 5.41 Å². The molecule has 1 aromatic carbocycles. The van der Waals surface area contributed by atoms with Gasteiger partial charge >= 0.3 is 0 Å². The topological polar surface area (TPSA) is 53.7 Å². The number of hydrogen-bond acceptors (Lipinski definition) is 4. The quantitative estimate of drug-likeness (QED) is 0.811. The summed E-state index contributed by atoms with van der Waals surface area (Å²) in [7, 11) is 3.24. The van der Waals surface area contributed by atoms with Gasteiger partial charge in [-0.1, -0.05) is 13.8 Å². The van der Waals surface area contributed by atoms with Crippen molar-refractivity contribution in [2.45, 2.75) is 20.3 Å². The summed E-state index contributed by atoms with van der Waals surface area (Å²) in [5, 5.41) is 0. The molecule has 0 aromatic heterocycles. The van der Waals surface area contributed by atoms with E-state index >= 15 is 0 Å². The minimum Gasteiger partial charge on any atom is -0.496 e. The van der Waals surface area contributed by atoms with E-state index in [2.05, 4.69) is 13.8 Å². The molecule has 0 atom stereocenters. The van der Waals surface area contributed by atoms with Crippen LogP contribution in [0.3, 0.4) is 0 Å². The lowest BCUT2D eigenvalue weighted by atomic mass is 9.90. The van der Waals surface area contributed by atoms with E-state index in [1.54, 1.807) is 14.2 Å². The van der Waals surface area contributed by atoms with Gasteiger partial charge in [0.25, 0.3) is 0 Å². The van der Waals surface area contributed by atoms with Gasteiger partial charge < -0.3 is 19.9 Å². The maximum Gasteiger partial charge on any atom is 0.126 e. The highest BCUT2D eigenvalue weighted by atomic mass is 16.5. The van der Waals surface area contributed by atoms with Gasteiger partial charge in [0.2, 0.25) is 0 Å². The van der Waals surface area contributed by atoms with Crippen LogP contribution in [-0.4, -0.2) is 27.4 Å². The van der Waals surface area contributed by atoms with Crippen LogP contribution in [0.2, 0.25) is 0 Å². The third-order valence-corrected chi connectivity index (χ3v) is 2.93. The van der Waals surface area contributed by atoms with E-state index in [0.717, 1.165) is 23.7 Å². The number of methoxy groups -OCH3 is 2. The summed E-state index contributed by atoms with van der Waals surface area (Å²) in [6.45, 7) is 5.53. The fraction of sp³-hybridized carbons (Fsp3) is 0.571. The van der Waals surface area contributed by atoms with E-state index < -0.39 is 0 Å². The zero-order chi connectivity index (χ0) is 13.6. The molecule has 2 N–H and O–H groups in total. The normalized spacial score (nSPS) is 11.2. The molecule has 1 rings (SSSR count). The van der Waals surface area contributed by atoms with Gasteiger partial charge in [-0.3, -0.25) is 0 Å². The Balaban J connectivity index is 2.61. The fourth-order valence-electron chi connectivity index (χ4n) is 1.41. The van der Waals surface area contributed by atoms with Crippen molar-refractivity contribution in [1.29, 1.82) is 0 Å². The molecule has 0 aliphatic carbocycles. The predicted octanol–water partition coefficient (Wildman–Crippen LogP) is 2.46. The molecule has 0 heterocycles. The number of rotatable bonds is 7. The second-order valence-corrected chi connectivity index (χ2v) is 5.02. The monoisotopic (exact) mass is 253 g/mol. The Hall–Kier alpha value is -1.42. The zero-order valence-corrected chi connectivity index (χ0v) is 11.7. The first-order valence-corrected chi connectivity index (χ1v) is 6.06. The van der Waals surface area contributed by atoms with Crippen molar-refractivity contribution in [2.24, 2.45) is 11.1 Å². The standard InChI is InChI=1S/C14H23NO3/c1-14(2,10-15)5-6-18-13-8-11(16-3)7-12(9-13)17-4/h7-9H,5-6,10,15H2,1-4H3. The Morgan fingerprint density at radius 3 is 1.94 bits per heavy atom. The van der Waals surface area contributed by atoms with Crippen LogP contribution in [0.1, 0.15) is 20.3 Å². The average molecular weight is 253 g/mol. The molecular weight excluding hydrogens is 230 g/mol. The van der Waals surface area contributed by atoms with E-state index in [1.165, 1.54) is 0 Å². The average Bonchev–Trinajstić information content (AvgIpc) is 2.38. The number of benzene rings is 1. The maximum absolute atomic E-state index is 5.71. The molecule has 0 spiro atoms. The Labute approximate surface area is 109 Å². The lowest BCUT2D eigenvalue weighted by Crippen LogP contribution is -2.25. The molecule has 0 radical (unpaired) electrons. The molecule has 0 unspecified atom stereocenters. The first kappa shape index (κ1) is 14.6. The van der Waals surface area contributed by atoms with Crippen LogP contribution in [0.15, 0.2) is 18.2 Å². The number of nitrogens with two attached hydrogens (primary N) is 1. The molecule has 1 aromatic rings. The molecule has 0 saturated carbocycles. The van der Waals surface area contributed by atoms with Crippen LogP contribution in [0, 0.1) is 5.41 Å². The van der Waals surface area contributed by atoms with E-state index in [0.29, 0.717) is 13.2 Å². The molecule has 0 saturated heterocycles. The van der Waals surface area contributed by atoms with E-state index in [9.17, 15) is 0 Å². The van der Waals surface area contributed by atoms with Gasteiger partial charge in [0.1, 0.15) is 17.2 Å². The van der Waals surface area contributed by atoms with Gasteiger partial charge in [0.15, 0.2) is 0 Å². The van der Waals surface area contributed by atoms with Crippen LogP contribution < -0.4 is 19.9 Å². The SMILES string of the molecule is COc1cc(OC)cc(OCCC(C)(C)CN)c1. The Morgan fingerprint density at radius 1 is 1.00 bits per heavy atom. The number of ether oxygens (including phenoxy) is 3. The van der Waals surface area contributed by atoms with E-state index in [4.69, 9.17) is 19.9 Å². The van der Waals surface area contributed by atoms with Crippen LogP contribution in [-0.2, 0) is 0 Å². The fourth-order valence-corrected chi connectivity index (χ4v) is 1.41. The summed E-state index contributed by atoms with van der Waals surface area (Å²) in [6.07, 6.45) is 0.906. The minimum absolute atomic E-state index is 0.100. The molecule has 0 aliphatic rings. The minimum atomic E-state index is 0.100. The van der Waals surface area contributed by atoms with Gasteiger partial charge in [0.05, 0.1) is 20.8 Å². The molecule has 0 bridgehead atoms. The largest absolute Gasteiger partial charge is 0.496 e. The van der Waals surface area contributed by atoms with Crippen LogP contribution in [0.4, 0.5) is 0 Å². The summed E-state index contributed by atoms with van der Waals surface area (Å²) in [4.78, 5) is 0. The molecule has 0 amide bonds. The Morgan fingerprint density at radius 2 is 1.50 bits per heavy atom.